The molecule has 0 saturated carbocycles. The lowest BCUT2D eigenvalue weighted by Gasteiger charge is -2.15. The lowest BCUT2D eigenvalue weighted by molar-refractivity contribution is 0.452. The molecule has 1 aromatic heterocycles. The first-order valence-electron chi connectivity index (χ1n) is 5.48. The Hall–Kier alpha value is -2.56. The molecule has 1 aliphatic heterocycles. The van der Waals surface area contributed by atoms with Gasteiger partial charge in [-0.05, 0) is 24.1 Å². The van der Waals surface area contributed by atoms with Crippen LogP contribution >= 0.6 is 0 Å². The van der Waals surface area contributed by atoms with Gasteiger partial charge in [-0.2, -0.15) is 0 Å². The van der Waals surface area contributed by atoms with Gasteiger partial charge in [0.2, 0.25) is 5.88 Å². The Bertz CT molecular complexity index is 689. The van der Waals surface area contributed by atoms with Crippen molar-refractivity contribution in [3.63, 3.8) is 0 Å². The molecule has 0 amide bonds. The van der Waals surface area contributed by atoms with E-state index in [4.69, 9.17) is 4.74 Å². The summed E-state index contributed by atoms with van der Waals surface area (Å²) >= 11 is 0. The molecule has 2 aromatic rings. The molecule has 0 spiro atoms. The van der Waals surface area contributed by atoms with Gasteiger partial charge >= 0.3 is 0 Å². The number of aromatic nitrogens is 2. The molecule has 0 fully saturated rings. The van der Waals surface area contributed by atoms with Crippen LogP contribution in [0.1, 0.15) is 5.56 Å². The first-order chi connectivity index (χ1) is 8.77. The number of allylic oxidation sites excluding steroid dienone is 1. The van der Waals surface area contributed by atoms with E-state index in [1.165, 1.54) is 6.33 Å². The average molecular weight is 242 g/mol. The largest absolute Gasteiger partial charge is 0.493 e. The van der Waals surface area contributed by atoms with Crippen LogP contribution in [0.4, 0.5) is 0 Å². The van der Waals surface area contributed by atoms with Crippen LogP contribution < -0.4 is 10.3 Å². The molecule has 0 atom stereocenters. The monoisotopic (exact) mass is 242 g/mol. The molecule has 0 aliphatic carbocycles. The fourth-order valence-electron chi connectivity index (χ4n) is 2.04. The molecule has 0 saturated heterocycles. The molecule has 5 nitrogen and oxygen atoms in total. The fourth-order valence-corrected chi connectivity index (χ4v) is 2.04. The molecule has 2 N–H and O–H groups in total. The van der Waals surface area contributed by atoms with E-state index in [0.717, 1.165) is 5.56 Å². The summed E-state index contributed by atoms with van der Waals surface area (Å²) in [5.41, 5.74) is 1.32. The number of benzene rings is 1. The van der Waals surface area contributed by atoms with Gasteiger partial charge in [0.25, 0.3) is 5.56 Å². The highest BCUT2D eigenvalue weighted by Crippen LogP contribution is 2.34. The summed E-state index contributed by atoms with van der Waals surface area (Å²) in [6.07, 6.45) is 5.29. The minimum absolute atomic E-state index is 0.174. The van der Waals surface area contributed by atoms with Crippen molar-refractivity contribution in [2.45, 2.75) is 6.42 Å². The van der Waals surface area contributed by atoms with E-state index >= 15 is 0 Å². The Kier molecular flexibility index (Phi) is 2.37. The van der Waals surface area contributed by atoms with Gasteiger partial charge in [-0.25, -0.2) is 4.98 Å². The molecule has 1 aromatic carbocycles. The number of nitrogens with zero attached hydrogens (tertiary/aromatic N) is 1. The van der Waals surface area contributed by atoms with Crippen molar-refractivity contribution in [2.75, 3.05) is 0 Å². The van der Waals surface area contributed by atoms with E-state index in [1.807, 2.05) is 12.1 Å². The second kappa shape index (κ2) is 4.03. The van der Waals surface area contributed by atoms with Crippen molar-refractivity contribution < 1.29 is 9.84 Å². The zero-order chi connectivity index (χ0) is 12.5. The van der Waals surface area contributed by atoms with Crippen molar-refractivity contribution in [3.8, 4) is 22.8 Å². The standard InChI is InChI=1S/C13H10N2O3/c16-12-11(13(17)15-7-14-12)9-3-1-5-10-8(9)4-2-6-18-10/h1-3,5-7H,4H2,(H2,14,15,16,17). The van der Waals surface area contributed by atoms with Crippen molar-refractivity contribution in [2.24, 2.45) is 0 Å². The molecule has 5 heteroatoms. The summed E-state index contributed by atoms with van der Waals surface area (Å²) in [6.45, 7) is 0. The maximum Gasteiger partial charge on any atom is 0.262 e. The highest BCUT2D eigenvalue weighted by molar-refractivity contribution is 5.73. The number of H-pyrrole nitrogens is 1. The summed E-state index contributed by atoms with van der Waals surface area (Å²) in [5.74, 6) is 0.416. The van der Waals surface area contributed by atoms with E-state index in [0.29, 0.717) is 17.7 Å². The number of fused-ring (bicyclic) bond motifs is 1. The van der Waals surface area contributed by atoms with Crippen LogP contribution in [0.15, 0.2) is 41.7 Å². The summed E-state index contributed by atoms with van der Waals surface area (Å²) < 4.78 is 5.37. The Balaban J connectivity index is 2.28. The van der Waals surface area contributed by atoms with E-state index in [-0.39, 0.29) is 17.0 Å². The van der Waals surface area contributed by atoms with Gasteiger partial charge in [-0.3, -0.25) is 4.79 Å². The van der Waals surface area contributed by atoms with Crippen molar-refractivity contribution in [1.29, 1.82) is 0 Å². The van der Waals surface area contributed by atoms with Crippen LogP contribution in [0.5, 0.6) is 11.6 Å². The predicted molar refractivity (Wildman–Crippen MR) is 65.4 cm³/mol. The average Bonchev–Trinajstić information content (AvgIpc) is 2.39. The number of hydrogen-bond acceptors (Lipinski definition) is 4. The zero-order valence-electron chi connectivity index (χ0n) is 9.38. The van der Waals surface area contributed by atoms with Crippen LogP contribution in [0.3, 0.4) is 0 Å². The van der Waals surface area contributed by atoms with Crippen LogP contribution in [-0.4, -0.2) is 15.1 Å². The molecular weight excluding hydrogens is 232 g/mol. The molecule has 0 bridgehead atoms. The van der Waals surface area contributed by atoms with E-state index in [1.54, 1.807) is 18.4 Å². The Morgan fingerprint density at radius 1 is 1.39 bits per heavy atom. The smallest absolute Gasteiger partial charge is 0.262 e. The van der Waals surface area contributed by atoms with Crippen molar-refractivity contribution >= 4 is 0 Å². The van der Waals surface area contributed by atoms with Gasteiger partial charge in [-0.15, -0.1) is 0 Å². The van der Waals surface area contributed by atoms with Gasteiger partial charge in [0.15, 0.2) is 0 Å². The minimum Gasteiger partial charge on any atom is -0.493 e. The summed E-state index contributed by atoms with van der Waals surface area (Å²) in [6, 6.07) is 5.37. The highest BCUT2D eigenvalue weighted by Gasteiger charge is 2.18. The predicted octanol–water partition coefficient (Wildman–Crippen LogP) is 1.59. The van der Waals surface area contributed by atoms with Gasteiger partial charge in [-0.1, -0.05) is 12.1 Å². The Morgan fingerprint density at radius 3 is 3.11 bits per heavy atom. The first-order valence-corrected chi connectivity index (χ1v) is 5.48. The van der Waals surface area contributed by atoms with E-state index in [9.17, 15) is 9.90 Å². The van der Waals surface area contributed by atoms with E-state index in [2.05, 4.69) is 9.97 Å². The minimum atomic E-state index is -0.370. The molecule has 90 valence electrons. The maximum absolute atomic E-state index is 11.8. The molecule has 1 aliphatic rings. The van der Waals surface area contributed by atoms with Crippen molar-refractivity contribution in [1.82, 2.24) is 9.97 Å². The van der Waals surface area contributed by atoms with Gasteiger partial charge < -0.3 is 14.8 Å². The Morgan fingerprint density at radius 2 is 2.28 bits per heavy atom. The molecule has 0 unspecified atom stereocenters. The third-order valence-corrected chi connectivity index (χ3v) is 2.85. The lowest BCUT2D eigenvalue weighted by atomic mass is 9.97. The second-order valence-corrected chi connectivity index (χ2v) is 3.91. The van der Waals surface area contributed by atoms with Gasteiger partial charge in [0.05, 0.1) is 12.6 Å². The topological polar surface area (TPSA) is 75.2 Å². The number of aromatic amines is 1. The molecule has 0 radical (unpaired) electrons. The third kappa shape index (κ3) is 1.57. The van der Waals surface area contributed by atoms with E-state index < -0.39 is 0 Å². The highest BCUT2D eigenvalue weighted by atomic mass is 16.5. The Labute approximate surface area is 102 Å². The van der Waals surface area contributed by atoms with Crippen LogP contribution in [-0.2, 0) is 6.42 Å². The first kappa shape index (κ1) is 10.6. The number of aromatic hydroxyl groups is 1. The quantitative estimate of drug-likeness (QED) is 0.796. The maximum atomic E-state index is 11.8. The third-order valence-electron chi connectivity index (χ3n) is 2.85. The van der Waals surface area contributed by atoms with Crippen LogP contribution in [0.2, 0.25) is 0 Å². The molecule has 3 rings (SSSR count). The fraction of sp³-hybridized carbons (Fsp3) is 0.0769. The van der Waals surface area contributed by atoms with Gasteiger partial charge in [0.1, 0.15) is 11.3 Å². The number of rotatable bonds is 1. The zero-order valence-corrected chi connectivity index (χ0v) is 9.38. The molecule has 2 heterocycles. The second-order valence-electron chi connectivity index (χ2n) is 3.91. The normalized spacial score (nSPS) is 12.9. The lowest BCUT2D eigenvalue weighted by Crippen LogP contribution is -2.11. The number of hydrogen-bond donors (Lipinski definition) is 2. The SMILES string of the molecule is O=c1[nH]cnc(O)c1-c1cccc2c1CC=CO2. The molecular formula is C13H10N2O3. The van der Waals surface area contributed by atoms with Crippen LogP contribution in [0, 0.1) is 0 Å². The number of nitrogens with one attached hydrogen (secondary N) is 1. The summed E-state index contributed by atoms with van der Waals surface area (Å²) in [4.78, 5) is 18.0. The number of ether oxygens (including phenoxy) is 1. The molecule has 18 heavy (non-hydrogen) atoms. The van der Waals surface area contributed by atoms with Crippen molar-refractivity contribution in [3.05, 3.63) is 52.8 Å². The van der Waals surface area contributed by atoms with Gasteiger partial charge in [0, 0.05) is 5.56 Å². The van der Waals surface area contributed by atoms with Crippen LogP contribution in [0.25, 0.3) is 11.1 Å². The summed E-state index contributed by atoms with van der Waals surface area (Å²) in [7, 11) is 0. The summed E-state index contributed by atoms with van der Waals surface area (Å²) in [5, 5.41) is 9.76.